The number of imide groups is 1. The fourth-order valence-corrected chi connectivity index (χ4v) is 3.61. The number of carbonyl (C=O) groups is 2. The van der Waals surface area contributed by atoms with Gasteiger partial charge in [0, 0.05) is 11.1 Å². The Morgan fingerprint density at radius 2 is 2.05 bits per heavy atom. The van der Waals surface area contributed by atoms with Gasteiger partial charge in [-0.25, -0.2) is 9.78 Å². The molecule has 1 heterocycles. The molecule has 0 aliphatic carbocycles. The molecule has 0 aliphatic heterocycles. The molecule has 0 fully saturated rings. The first-order chi connectivity index (χ1) is 9.56. The number of amides is 3. The van der Waals surface area contributed by atoms with Crippen molar-refractivity contribution in [3.63, 3.8) is 0 Å². The summed E-state index contributed by atoms with van der Waals surface area (Å²) in [5.41, 5.74) is 6.71. The van der Waals surface area contributed by atoms with Gasteiger partial charge in [0.1, 0.15) is 5.25 Å². The highest BCUT2D eigenvalue weighted by atomic mass is 32.2. The number of aryl methyl sites for hydroxylation is 1. The highest BCUT2D eigenvalue weighted by Gasteiger charge is 2.24. The summed E-state index contributed by atoms with van der Waals surface area (Å²) in [4.78, 5) is 27.3. The number of carbonyl (C=O) groups excluding carboxylic acids is 2. The van der Waals surface area contributed by atoms with Gasteiger partial charge in [-0.2, -0.15) is 0 Å². The van der Waals surface area contributed by atoms with E-state index in [1.165, 1.54) is 23.1 Å². The van der Waals surface area contributed by atoms with Crippen LogP contribution in [0.25, 0.3) is 0 Å². The molecule has 0 aliphatic rings. The Bertz CT molecular complexity index is 613. The van der Waals surface area contributed by atoms with Crippen LogP contribution in [0.2, 0.25) is 0 Å². The van der Waals surface area contributed by atoms with Crippen molar-refractivity contribution < 1.29 is 9.59 Å². The largest absolute Gasteiger partial charge is 0.351 e. The van der Waals surface area contributed by atoms with E-state index in [1.807, 2.05) is 42.6 Å². The molecule has 104 valence electrons. The van der Waals surface area contributed by atoms with Crippen LogP contribution in [-0.2, 0) is 4.79 Å². The van der Waals surface area contributed by atoms with Crippen LogP contribution in [0.15, 0.2) is 40.1 Å². The lowest BCUT2D eigenvalue weighted by Gasteiger charge is -2.14. The number of hydrogen-bond donors (Lipinski definition) is 2. The lowest BCUT2D eigenvalue weighted by Crippen LogP contribution is -2.37. The molecule has 0 spiro atoms. The van der Waals surface area contributed by atoms with Gasteiger partial charge in [-0.1, -0.05) is 42.1 Å². The number of nitrogens with one attached hydrogen (secondary N) is 1. The zero-order valence-electron chi connectivity index (χ0n) is 10.7. The summed E-state index contributed by atoms with van der Waals surface area (Å²) in [5, 5.41) is 3.48. The van der Waals surface area contributed by atoms with Crippen LogP contribution in [0, 0.1) is 6.92 Å². The van der Waals surface area contributed by atoms with Crippen molar-refractivity contribution in [2.75, 3.05) is 0 Å². The molecule has 5 nitrogen and oxygen atoms in total. The van der Waals surface area contributed by atoms with Crippen LogP contribution in [0.4, 0.5) is 4.79 Å². The third-order valence-corrected chi connectivity index (χ3v) is 4.75. The maximum absolute atomic E-state index is 12.1. The summed E-state index contributed by atoms with van der Waals surface area (Å²) in [6, 6.07) is 8.36. The fourth-order valence-electron chi connectivity index (χ4n) is 1.58. The van der Waals surface area contributed by atoms with Gasteiger partial charge in [0.05, 0.1) is 0 Å². The summed E-state index contributed by atoms with van der Waals surface area (Å²) in [6.45, 7) is 1.89. The van der Waals surface area contributed by atoms with Crippen LogP contribution in [0.5, 0.6) is 0 Å². The van der Waals surface area contributed by atoms with E-state index >= 15 is 0 Å². The molecule has 0 saturated carbocycles. The van der Waals surface area contributed by atoms with Gasteiger partial charge in [0.2, 0.25) is 5.91 Å². The van der Waals surface area contributed by atoms with Gasteiger partial charge < -0.3 is 5.73 Å². The predicted molar refractivity (Wildman–Crippen MR) is 79.6 cm³/mol. The van der Waals surface area contributed by atoms with Gasteiger partial charge in [0.25, 0.3) is 0 Å². The molecule has 3 amide bonds. The Kier molecular flexibility index (Phi) is 4.75. The zero-order valence-corrected chi connectivity index (χ0v) is 12.3. The summed E-state index contributed by atoms with van der Waals surface area (Å²) in [6.07, 6.45) is 0. The lowest BCUT2D eigenvalue weighted by molar-refractivity contribution is -0.119. The minimum Gasteiger partial charge on any atom is -0.351 e. The molecular weight excluding hydrogens is 294 g/mol. The van der Waals surface area contributed by atoms with Crippen molar-refractivity contribution in [1.29, 1.82) is 0 Å². The van der Waals surface area contributed by atoms with Crippen molar-refractivity contribution in [2.24, 2.45) is 5.73 Å². The Balaban J connectivity index is 2.24. The second-order valence-corrected chi connectivity index (χ2v) is 6.23. The van der Waals surface area contributed by atoms with Crippen molar-refractivity contribution in [2.45, 2.75) is 16.5 Å². The average Bonchev–Trinajstić information content (AvgIpc) is 2.81. The van der Waals surface area contributed by atoms with Crippen LogP contribution in [0.3, 0.4) is 0 Å². The van der Waals surface area contributed by atoms with Crippen molar-refractivity contribution in [3.05, 3.63) is 47.0 Å². The fraction of sp³-hybridized carbons (Fsp3) is 0.154. The molecule has 0 unspecified atom stereocenters. The van der Waals surface area contributed by atoms with Gasteiger partial charge in [-0.05, 0) is 12.5 Å². The Labute approximate surface area is 124 Å². The lowest BCUT2D eigenvalue weighted by atomic mass is 10.1. The summed E-state index contributed by atoms with van der Waals surface area (Å²) in [7, 11) is 0. The van der Waals surface area contributed by atoms with Crippen molar-refractivity contribution >= 4 is 35.0 Å². The van der Waals surface area contributed by atoms with E-state index in [-0.39, 0.29) is 0 Å². The molecular formula is C13H13N3O2S2. The topological polar surface area (TPSA) is 85.1 Å². The van der Waals surface area contributed by atoms with Crippen LogP contribution in [-0.4, -0.2) is 16.9 Å². The predicted octanol–water partition coefficient (Wildman–Crippen LogP) is 2.48. The van der Waals surface area contributed by atoms with Crippen LogP contribution >= 0.6 is 23.1 Å². The molecule has 0 saturated heterocycles. The maximum Gasteiger partial charge on any atom is 0.318 e. The smallest absolute Gasteiger partial charge is 0.318 e. The van der Waals surface area contributed by atoms with Crippen LogP contribution < -0.4 is 11.1 Å². The quantitative estimate of drug-likeness (QED) is 0.850. The SMILES string of the molecule is Cc1csc(S[C@H](C(=O)NC(N)=O)c2ccccc2)n1. The van der Waals surface area contributed by atoms with E-state index < -0.39 is 17.2 Å². The van der Waals surface area contributed by atoms with E-state index in [0.29, 0.717) is 0 Å². The molecule has 7 heteroatoms. The molecule has 2 rings (SSSR count). The molecule has 1 aromatic heterocycles. The van der Waals surface area contributed by atoms with Gasteiger partial charge in [-0.15, -0.1) is 11.3 Å². The van der Waals surface area contributed by atoms with E-state index in [9.17, 15) is 9.59 Å². The normalized spacial score (nSPS) is 11.8. The number of benzene rings is 1. The maximum atomic E-state index is 12.1. The summed E-state index contributed by atoms with van der Waals surface area (Å²) < 4.78 is 0.774. The third kappa shape index (κ3) is 3.82. The van der Waals surface area contributed by atoms with E-state index in [0.717, 1.165) is 15.6 Å². The summed E-state index contributed by atoms with van der Waals surface area (Å²) in [5.74, 6) is -0.443. The first-order valence-corrected chi connectivity index (χ1v) is 7.56. The first-order valence-electron chi connectivity index (χ1n) is 5.80. The number of thiazole rings is 1. The van der Waals surface area contributed by atoms with Crippen molar-refractivity contribution in [1.82, 2.24) is 10.3 Å². The molecule has 1 aromatic carbocycles. The summed E-state index contributed by atoms with van der Waals surface area (Å²) >= 11 is 2.76. The number of rotatable bonds is 4. The number of thioether (sulfide) groups is 1. The molecule has 1 atom stereocenters. The van der Waals surface area contributed by atoms with Gasteiger partial charge >= 0.3 is 6.03 Å². The highest BCUT2D eigenvalue weighted by molar-refractivity contribution is 8.01. The second-order valence-electron chi connectivity index (χ2n) is 4.02. The molecule has 0 bridgehead atoms. The van der Waals surface area contributed by atoms with Gasteiger partial charge in [-0.3, -0.25) is 10.1 Å². The second kappa shape index (κ2) is 6.53. The highest BCUT2D eigenvalue weighted by Crippen LogP contribution is 2.36. The van der Waals surface area contributed by atoms with E-state index in [2.05, 4.69) is 10.3 Å². The molecule has 0 radical (unpaired) electrons. The van der Waals surface area contributed by atoms with E-state index in [1.54, 1.807) is 0 Å². The molecule has 20 heavy (non-hydrogen) atoms. The monoisotopic (exact) mass is 307 g/mol. The molecule has 3 N–H and O–H groups in total. The minimum atomic E-state index is -0.855. The number of primary amides is 1. The third-order valence-electron chi connectivity index (χ3n) is 2.40. The van der Waals surface area contributed by atoms with Gasteiger partial charge in [0.15, 0.2) is 4.34 Å². The number of nitrogens with two attached hydrogens (primary N) is 1. The number of aromatic nitrogens is 1. The Morgan fingerprint density at radius 1 is 1.35 bits per heavy atom. The average molecular weight is 307 g/mol. The number of nitrogens with zero attached hydrogens (tertiary/aromatic N) is 1. The van der Waals surface area contributed by atoms with Crippen molar-refractivity contribution in [3.8, 4) is 0 Å². The minimum absolute atomic E-state index is 0.443. The first kappa shape index (κ1) is 14.5. The van der Waals surface area contributed by atoms with E-state index in [4.69, 9.17) is 5.73 Å². The molecule has 2 aromatic rings. The van der Waals surface area contributed by atoms with Crippen LogP contribution in [0.1, 0.15) is 16.5 Å². The Morgan fingerprint density at radius 3 is 2.60 bits per heavy atom. The Hall–Kier alpha value is -1.86. The zero-order chi connectivity index (χ0) is 14.5. The number of hydrogen-bond acceptors (Lipinski definition) is 5. The standard InChI is InChI=1S/C13H13N3O2S2/c1-8-7-19-13(15-8)20-10(11(17)16-12(14)18)9-5-3-2-4-6-9/h2-7,10H,1H3,(H3,14,16,17,18)/t10-/m0/s1. The number of urea groups is 1.